The third kappa shape index (κ3) is 9.55. The summed E-state index contributed by atoms with van der Waals surface area (Å²) >= 11 is 0. The molecule has 0 bridgehead atoms. The van der Waals surface area contributed by atoms with Gasteiger partial charge in [0.1, 0.15) is 17.7 Å². The first kappa shape index (κ1) is 22.4. The van der Waals surface area contributed by atoms with Crippen LogP contribution >= 0.6 is 0 Å². The van der Waals surface area contributed by atoms with E-state index in [2.05, 4.69) is 16.6 Å². The number of allylic oxidation sites excluding steroid dienone is 1. The van der Waals surface area contributed by atoms with Gasteiger partial charge in [0.05, 0.1) is 0 Å². The van der Waals surface area contributed by atoms with Crippen molar-refractivity contribution in [2.45, 2.75) is 51.5 Å². The van der Waals surface area contributed by atoms with Crippen LogP contribution in [0.3, 0.4) is 0 Å². The molecule has 0 aliphatic carbocycles. The number of amides is 2. The zero-order valence-electron chi connectivity index (χ0n) is 15.6. The molecule has 0 aromatic heterocycles. The number of carbonyl (C=O) groups is 2. The lowest BCUT2D eigenvalue weighted by Crippen LogP contribution is -2.47. The first-order valence-corrected chi connectivity index (χ1v) is 9.09. The summed E-state index contributed by atoms with van der Waals surface area (Å²) in [5.74, 6) is 0.162. The second kappa shape index (κ2) is 12.6. The van der Waals surface area contributed by atoms with E-state index in [-0.39, 0.29) is 12.0 Å². The van der Waals surface area contributed by atoms with E-state index in [9.17, 15) is 18.4 Å². The number of benzene rings is 1. The van der Waals surface area contributed by atoms with Crippen LogP contribution in [0.25, 0.3) is 0 Å². The highest BCUT2D eigenvalue weighted by Crippen LogP contribution is 2.10. The maximum Gasteiger partial charge on any atom is 0.244 e. The van der Waals surface area contributed by atoms with Gasteiger partial charge in [-0.1, -0.05) is 25.8 Å². The summed E-state index contributed by atoms with van der Waals surface area (Å²) in [4.78, 5) is 24.5. The smallest absolute Gasteiger partial charge is 0.244 e. The van der Waals surface area contributed by atoms with Crippen molar-refractivity contribution < 1.29 is 18.4 Å². The van der Waals surface area contributed by atoms with Crippen molar-refractivity contribution in [1.82, 2.24) is 10.6 Å². The van der Waals surface area contributed by atoms with Crippen molar-refractivity contribution >= 4 is 11.8 Å². The van der Waals surface area contributed by atoms with Gasteiger partial charge < -0.3 is 10.6 Å². The summed E-state index contributed by atoms with van der Waals surface area (Å²) in [6.07, 6.45) is 12.1. The third-order valence-electron chi connectivity index (χ3n) is 3.79. The highest BCUT2D eigenvalue weighted by Gasteiger charge is 2.20. The summed E-state index contributed by atoms with van der Waals surface area (Å²) in [5.41, 5.74) is 0.284. The SMILES string of the molecule is C#CCCCNC(=O)C(Cc1cc(F)cc(F)c1)NC(=O)/C=C/CCCC. The van der Waals surface area contributed by atoms with Crippen molar-refractivity contribution in [3.63, 3.8) is 0 Å². The summed E-state index contributed by atoms with van der Waals surface area (Å²) in [7, 11) is 0. The van der Waals surface area contributed by atoms with Crippen LogP contribution in [-0.4, -0.2) is 24.4 Å². The maximum atomic E-state index is 13.4. The maximum absolute atomic E-state index is 13.4. The lowest BCUT2D eigenvalue weighted by molar-refractivity contribution is -0.127. The Labute approximate surface area is 159 Å². The Bertz CT molecular complexity index is 676. The average molecular weight is 376 g/mol. The van der Waals surface area contributed by atoms with Gasteiger partial charge >= 0.3 is 0 Å². The normalized spacial score (nSPS) is 11.8. The van der Waals surface area contributed by atoms with Crippen molar-refractivity contribution in [3.8, 4) is 12.3 Å². The number of halogens is 2. The molecule has 6 heteroatoms. The van der Waals surface area contributed by atoms with Crippen molar-refractivity contribution in [3.05, 3.63) is 47.5 Å². The summed E-state index contributed by atoms with van der Waals surface area (Å²) in [6.45, 7) is 2.41. The van der Waals surface area contributed by atoms with Crippen LogP contribution in [0, 0.1) is 24.0 Å². The summed E-state index contributed by atoms with van der Waals surface area (Å²) in [5, 5.41) is 5.29. The zero-order chi connectivity index (χ0) is 20.1. The van der Waals surface area contributed by atoms with Gasteiger partial charge in [-0.15, -0.1) is 12.3 Å². The Balaban J connectivity index is 2.78. The monoisotopic (exact) mass is 376 g/mol. The second-order valence-electron chi connectivity index (χ2n) is 6.19. The van der Waals surface area contributed by atoms with Gasteiger partial charge in [0.15, 0.2) is 0 Å². The van der Waals surface area contributed by atoms with Gasteiger partial charge in [-0.2, -0.15) is 0 Å². The first-order chi connectivity index (χ1) is 13.0. The molecule has 1 aromatic rings. The lowest BCUT2D eigenvalue weighted by atomic mass is 10.0. The number of terminal acetylenes is 1. The van der Waals surface area contributed by atoms with E-state index < -0.39 is 29.5 Å². The highest BCUT2D eigenvalue weighted by molar-refractivity contribution is 5.93. The molecule has 1 atom stereocenters. The Hall–Kier alpha value is -2.68. The molecule has 0 aliphatic heterocycles. The minimum Gasteiger partial charge on any atom is -0.354 e. The third-order valence-corrected chi connectivity index (χ3v) is 3.79. The number of hydrogen-bond acceptors (Lipinski definition) is 2. The molecule has 146 valence electrons. The molecule has 0 radical (unpaired) electrons. The van der Waals surface area contributed by atoms with Gasteiger partial charge in [-0.3, -0.25) is 9.59 Å². The molecule has 1 aromatic carbocycles. The number of carbonyl (C=O) groups excluding carboxylic acids is 2. The van der Waals surface area contributed by atoms with E-state index in [1.807, 2.05) is 6.92 Å². The van der Waals surface area contributed by atoms with E-state index in [4.69, 9.17) is 6.42 Å². The molecule has 0 saturated carbocycles. The fraction of sp³-hybridized carbons (Fsp3) is 0.429. The van der Waals surface area contributed by atoms with Crippen molar-refractivity contribution in [2.75, 3.05) is 6.54 Å². The molecule has 0 heterocycles. The van der Waals surface area contributed by atoms with E-state index in [0.29, 0.717) is 19.4 Å². The van der Waals surface area contributed by atoms with Gasteiger partial charge in [0, 0.05) is 25.5 Å². The predicted octanol–water partition coefficient (Wildman–Crippen LogP) is 3.27. The van der Waals surface area contributed by atoms with Gasteiger partial charge in [0.25, 0.3) is 0 Å². The van der Waals surface area contributed by atoms with Crippen LogP contribution in [0.1, 0.15) is 44.6 Å². The van der Waals surface area contributed by atoms with E-state index in [1.54, 1.807) is 6.08 Å². The lowest BCUT2D eigenvalue weighted by Gasteiger charge is -2.18. The average Bonchev–Trinajstić information content (AvgIpc) is 2.61. The van der Waals surface area contributed by atoms with Crippen LogP contribution in [0.4, 0.5) is 8.78 Å². The molecule has 0 spiro atoms. The Morgan fingerprint density at radius 2 is 1.93 bits per heavy atom. The second-order valence-corrected chi connectivity index (χ2v) is 6.19. The molecule has 2 N–H and O–H groups in total. The standard InChI is InChI=1S/C21H26F2N2O2/c1-3-5-7-8-10-20(26)25-19(21(27)24-11-9-6-4-2)14-16-12-17(22)15-18(23)13-16/h2,8,10,12-13,15,19H,3,5-7,9,11,14H2,1H3,(H,24,27)(H,25,26)/b10-8+. The topological polar surface area (TPSA) is 58.2 Å². The van der Waals surface area contributed by atoms with Crippen LogP contribution in [0.5, 0.6) is 0 Å². The Kier molecular flexibility index (Phi) is 10.5. The van der Waals surface area contributed by atoms with Gasteiger partial charge in [-0.05, 0) is 36.6 Å². The molecule has 0 saturated heterocycles. The molecule has 4 nitrogen and oxygen atoms in total. The zero-order valence-corrected chi connectivity index (χ0v) is 15.6. The number of nitrogens with one attached hydrogen (secondary N) is 2. The number of unbranched alkanes of at least 4 members (excludes halogenated alkanes) is 3. The molecule has 1 rings (SSSR count). The Morgan fingerprint density at radius 1 is 1.22 bits per heavy atom. The fourth-order valence-electron chi connectivity index (χ4n) is 2.43. The Morgan fingerprint density at radius 3 is 2.56 bits per heavy atom. The van der Waals surface area contributed by atoms with Crippen LogP contribution < -0.4 is 10.6 Å². The van der Waals surface area contributed by atoms with Crippen molar-refractivity contribution in [2.24, 2.45) is 0 Å². The molecular formula is C21H26F2N2O2. The largest absolute Gasteiger partial charge is 0.354 e. The van der Waals surface area contributed by atoms with Crippen LogP contribution in [-0.2, 0) is 16.0 Å². The van der Waals surface area contributed by atoms with Gasteiger partial charge in [0.2, 0.25) is 11.8 Å². The summed E-state index contributed by atoms with van der Waals surface area (Å²) in [6, 6.07) is 2.10. The molecule has 2 amide bonds. The molecular weight excluding hydrogens is 350 g/mol. The van der Waals surface area contributed by atoms with Crippen LogP contribution in [0.15, 0.2) is 30.4 Å². The van der Waals surface area contributed by atoms with Gasteiger partial charge in [-0.25, -0.2) is 8.78 Å². The van der Waals surface area contributed by atoms with E-state index in [0.717, 1.165) is 37.5 Å². The quantitative estimate of drug-likeness (QED) is 0.354. The van der Waals surface area contributed by atoms with Crippen LogP contribution in [0.2, 0.25) is 0 Å². The number of rotatable bonds is 11. The number of hydrogen-bond donors (Lipinski definition) is 2. The predicted molar refractivity (Wildman–Crippen MR) is 102 cm³/mol. The highest BCUT2D eigenvalue weighted by atomic mass is 19.1. The molecule has 0 aliphatic rings. The van der Waals surface area contributed by atoms with Crippen molar-refractivity contribution in [1.29, 1.82) is 0 Å². The molecule has 1 unspecified atom stereocenters. The van der Waals surface area contributed by atoms with E-state index in [1.165, 1.54) is 6.08 Å². The minimum absolute atomic E-state index is 0.0236. The minimum atomic E-state index is -0.944. The van der Waals surface area contributed by atoms with E-state index >= 15 is 0 Å². The molecule has 27 heavy (non-hydrogen) atoms. The first-order valence-electron chi connectivity index (χ1n) is 9.09. The molecule has 0 fully saturated rings. The fourth-order valence-corrected chi connectivity index (χ4v) is 2.43. The summed E-state index contributed by atoms with van der Waals surface area (Å²) < 4.78 is 26.8.